The number of aromatic hydroxyl groups is 1. The summed E-state index contributed by atoms with van der Waals surface area (Å²) in [6.07, 6.45) is 1.91. The molecule has 0 saturated carbocycles. The van der Waals surface area contributed by atoms with Crippen molar-refractivity contribution in [3.05, 3.63) is 65.7 Å². The van der Waals surface area contributed by atoms with E-state index in [1.807, 2.05) is 30.3 Å². The Morgan fingerprint density at radius 3 is 2.05 bits per heavy atom. The number of carbonyl (C=O) groups is 7. The molecule has 17 nitrogen and oxygen atoms in total. The fourth-order valence-corrected chi connectivity index (χ4v) is 6.69. The van der Waals surface area contributed by atoms with Gasteiger partial charge in [0.25, 0.3) is 0 Å². The highest BCUT2D eigenvalue weighted by molar-refractivity contribution is 5.96. The fraction of sp³-hybridized carbons (Fsp3) is 0.548. The van der Waals surface area contributed by atoms with Gasteiger partial charge >= 0.3 is 12.0 Å². The lowest BCUT2D eigenvalue weighted by Gasteiger charge is -2.33. The number of aliphatic hydroxyl groups excluding tert-OH is 1. The molecule has 2 aromatic rings. The van der Waals surface area contributed by atoms with Crippen LogP contribution in [0.4, 0.5) is 4.79 Å². The molecular weight excluding hydrogens is 763 g/mol. The summed E-state index contributed by atoms with van der Waals surface area (Å²) >= 11 is 0. The average Bonchev–Trinajstić information content (AvgIpc) is 3.21. The number of aryl methyl sites for hydroxylation is 2. The maximum Gasteiger partial charge on any atom is 0.326 e. The van der Waals surface area contributed by atoms with Gasteiger partial charge in [0.2, 0.25) is 29.5 Å². The lowest BCUT2D eigenvalue weighted by atomic mass is 9.98. The average molecular weight is 824 g/mol. The molecule has 59 heavy (non-hydrogen) atoms. The van der Waals surface area contributed by atoms with Crippen LogP contribution in [-0.2, 0) is 41.6 Å². The van der Waals surface area contributed by atoms with Crippen LogP contribution in [0.3, 0.4) is 0 Å². The summed E-state index contributed by atoms with van der Waals surface area (Å²) < 4.78 is 0. The van der Waals surface area contributed by atoms with Crippen molar-refractivity contribution in [3.63, 3.8) is 0 Å². The standard InChI is InChI=1S/C42H61N7O10/c1-6-26(4)35(41(57)58)48-42(59)46-30-14-10-11-23-43-36(52)32(24-50)45-38(54)33(22-18-28-15-19-29(51)20-16-28)49(5)40(56)31(21-17-27-12-8-7-9-13-27)44-39(55)34(25(2)3)47-37(30)53/h7-9,12-13,15-16,19-20,25-26,30-35,50-51H,6,10-11,14,17-18,21-24H2,1-5H3,(H,43,52)(H,44,55)(H,45,54)(H,47,53)(H,57,58)(H2,46,48,59). The summed E-state index contributed by atoms with van der Waals surface area (Å²) in [5.74, 6) is -5.53. The first kappa shape index (κ1) is 47.7. The molecule has 1 saturated heterocycles. The van der Waals surface area contributed by atoms with Crippen molar-refractivity contribution in [2.24, 2.45) is 11.8 Å². The zero-order valence-corrected chi connectivity index (χ0v) is 34.5. The van der Waals surface area contributed by atoms with Crippen LogP contribution in [0, 0.1) is 11.8 Å². The number of aliphatic carboxylic acids is 1. The summed E-state index contributed by atoms with van der Waals surface area (Å²) in [6.45, 7) is 6.19. The monoisotopic (exact) mass is 823 g/mol. The molecule has 324 valence electrons. The fourth-order valence-electron chi connectivity index (χ4n) is 6.69. The van der Waals surface area contributed by atoms with Crippen molar-refractivity contribution >= 4 is 41.5 Å². The number of hydrogen-bond acceptors (Lipinski definition) is 9. The first-order valence-corrected chi connectivity index (χ1v) is 20.2. The van der Waals surface area contributed by atoms with E-state index in [2.05, 4.69) is 31.9 Å². The van der Waals surface area contributed by atoms with Gasteiger partial charge in [0.15, 0.2) is 0 Å². The Balaban J connectivity index is 2.01. The molecule has 3 rings (SSSR count). The molecule has 17 heteroatoms. The van der Waals surface area contributed by atoms with Crippen LogP contribution in [0.15, 0.2) is 54.6 Å². The topological polar surface area (TPSA) is 256 Å². The molecule has 1 aliphatic rings. The second kappa shape index (κ2) is 23.6. The quantitative estimate of drug-likeness (QED) is 0.140. The maximum absolute atomic E-state index is 14.5. The van der Waals surface area contributed by atoms with E-state index in [0.29, 0.717) is 19.3 Å². The van der Waals surface area contributed by atoms with Gasteiger partial charge in [-0.05, 0) is 80.0 Å². The zero-order chi connectivity index (χ0) is 43.6. The number of carboxylic acids is 1. The molecule has 1 fully saturated rings. The largest absolute Gasteiger partial charge is 0.508 e. The number of rotatable bonds is 13. The highest BCUT2D eigenvalue weighted by atomic mass is 16.4. The third-order valence-electron chi connectivity index (χ3n) is 10.6. The number of hydrogen-bond donors (Lipinski definition) is 9. The van der Waals surface area contributed by atoms with Crippen LogP contribution in [-0.4, -0.2) is 118 Å². The number of carboxylic acid groups (broad SMARTS) is 1. The lowest BCUT2D eigenvalue weighted by molar-refractivity contribution is -0.143. The Kier molecular flexibility index (Phi) is 19.1. The highest BCUT2D eigenvalue weighted by Crippen LogP contribution is 2.17. The second-order valence-corrected chi connectivity index (χ2v) is 15.4. The van der Waals surface area contributed by atoms with Gasteiger partial charge in [-0.15, -0.1) is 0 Å². The molecule has 1 aliphatic heterocycles. The summed E-state index contributed by atoms with van der Waals surface area (Å²) in [5, 5.41) is 45.4. The van der Waals surface area contributed by atoms with Crippen LogP contribution in [0.2, 0.25) is 0 Å². The third-order valence-corrected chi connectivity index (χ3v) is 10.6. The molecular formula is C42H61N7O10. The lowest BCUT2D eigenvalue weighted by Crippen LogP contribution is -2.61. The van der Waals surface area contributed by atoms with E-state index < -0.39 is 96.2 Å². The third kappa shape index (κ3) is 14.9. The number of aliphatic hydroxyl groups is 1. The van der Waals surface area contributed by atoms with Gasteiger partial charge in [0.1, 0.15) is 42.0 Å². The van der Waals surface area contributed by atoms with E-state index in [4.69, 9.17) is 0 Å². The van der Waals surface area contributed by atoms with Crippen LogP contribution in [0.1, 0.15) is 77.3 Å². The molecule has 1 heterocycles. The Morgan fingerprint density at radius 1 is 0.814 bits per heavy atom. The number of amides is 7. The number of nitrogens with zero attached hydrogens (tertiary/aromatic N) is 1. The molecule has 9 N–H and O–H groups in total. The summed E-state index contributed by atoms with van der Waals surface area (Å²) in [4.78, 5) is 95.9. The second-order valence-electron chi connectivity index (χ2n) is 15.4. The van der Waals surface area contributed by atoms with Crippen LogP contribution in [0.5, 0.6) is 5.75 Å². The zero-order valence-electron chi connectivity index (χ0n) is 34.5. The molecule has 0 aromatic heterocycles. The maximum atomic E-state index is 14.5. The minimum absolute atomic E-state index is 0.0362. The van der Waals surface area contributed by atoms with E-state index in [1.165, 1.54) is 24.1 Å². The highest BCUT2D eigenvalue weighted by Gasteiger charge is 2.36. The number of nitrogens with one attached hydrogen (secondary N) is 6. The van der Waals surface area contributed by atoms with Gasteiger partial charge in [-0.1, -0.05) is 76.6 Å². The van der Waals surface area contributed by atoms with Crippen molar-refractivity contribution < 1.29 is 48.9 Å². The van der Waals surface area contributed by atoms with Gasteiger partial charge in [-0.2, -0.15) is 0 Å². The molecule has 0 aliphatic carbocycles. The first-order chi connectivity index (χ1) is 28.1. The van der Waals surface area contributed by atoms with Crippen LogP contribution in [0.25, 0.3) is 0 Å². The van der Waals surface area contributed by atoms with Crippen molar-refractivity contribution in [3.8, 4) is 5.75 Å². The number of carbonyl (C=O) groups excluding carboxylic acids is 6. The summed E-state index contributed by atoms with van der Waals surface area (Å²) in [5.41, 5.74) is 1.64. The predicted octanol–water partition coefficient (Wildman–Crippen LogP) is 1.35. The normalized spacial score (nSPS) is 22.7. The molecule has 2 aromatic carbocycles. The molecule has 0 radical (unpaired) electrons. The number of phenolic OH excluding ortho intramolecular Hbond substituents is 1. The molecule has 0 bridgehead atoms. The van der Waals surface area contributed by atoms with E-state index in [-0.39, 0.29) is 44.4 Å². The number of benzene rings is 2. The molecule has 7 unspecified atom stereocenters. The number of urea groups is 1. The van der Waals surface area contributed by atoms with E-state index in [9.17, 15) is 48.9 Å². The van der Waals surface area contributed by atoms with Crippen molar-refractivity contribution in [1.82, 2.24) is 36.8 Å². The number of likely N-dealkylation sites (N-methyl/N-ethyl adjacent to an activating group) is 1. The van der Waals surface area contributed by atoms with Crippen molar-refractivity contribution in [2.75, 3.05) is 20.2 Å². The Bertz CT molecular complexity index is 1730. The van der Waals surface area contributed by atoms with Gasteiger partial charge in [0.05, 0.1) is 6.61 Å². The summed E-state index contributed by atoms with van der Waals surface area (Å²) in [7, 11) is 1.42. The SMILES string of the molecule is CCC(C)C(NC(=O)NC1CCCCNC(=O)C(CO)NC(=O)C(CCc2ccc(O)cc2)N(C)C(=O)C(CCc2ccccc2)NC(=O)C(C(C)C)NC1=O)C(=O)O. The van der Waals surface area contributed by atoms with Crippen molar-refractivity contribution in [2.45, 2.75) is 115 Å². The van der Waals surface area contributed by atoms with Gasteiger partial charge in [-0.25, -0.2) is 9.59 Å². The smallest absolute Gasteiger partial charge is 0.326 e. The van der Waals surface area contributed by atoms with E-state index in [0.717, 1.165) is 11.1 Å². The minimum atomic E-state index is -1.37. The van der Waals surface area contributed by atoms with Crippen LogP contribution >= 0.6 is 0 Å². The Labute approximate surface area is 345 Å². The minimum Gasteiger partial charge on any atom is -0.508 e. The van der Waals surface area contributed by atoms with E-state index in [1.54, 1.807) is 39.8 Å². The van der Waals surface area contributed by atoms with Gasteiger partial charge in [0, 0.05) is 13.6 Å². The Morgan fingerprint density at radius 2 is 1.44 bits per heavy atom. The number of phenols is 1. The van der Waals surface area contributed by atoms with Gasteiger partial charge in [-0.3, -0.25) is 24.0 Å². The van der Waals surface area contributed by atoms with Crippen LogP contribution < -0.4 is 31.9 Å². The van der Waals surface area contributed by atoms with Crippen molar-refractivity contribution in [1.29, 1.82) is 0 Å². The van der Waals surface area contributed by atoms with E-state index >= 15 is 0 Å². The first-order valence-electron chi connectivity index (χ1n) is 20.2. The van der Waals surface area contributed by atoms with Gasteiger partial charge < -0.3 is 52.1 Å². The summed E-state index contributed by atoms with van der Waals surface area (Å²) in [6, 6.07) is 7.35. The molecule has 0 spiro atoms. The molecule has 7 amide bonds. The molecule has 7 atom stereocenters. The predicted molar refractivity (Wildman–Crippen MR) is 219 cm³/mol. The Hall–Kier alpha value is -5.71.